The molecule has 0 radical (unpaired) electrons. The molecule has 0 bridgehead atoms. The van der Waals surface area contributed by atoms with Gasteiger partial charge >= 0.3 is 12.4 Å². The molecule has 0 spiro atoms. The number of pyridine rings is 1. The SMILES string of the molecule is N#Cc1cc(-n2c3ccccc3c3ccc(C(F)(F)F)cc32)c(-n2c3ccccc3c3ccc(C(F)(F)F)cc32)cc1-c1cccnc1. The van der Waals surface area contributed by atoms with Gasteiger partial charge in [-0.2, -0.15) is 31.6 Å². The number of hydrogen-bond acceptors (Lipinski definition) is 2. The van der Waals surface area contributed by atoms with Crippen molar-refractivity contribution in [2.45, 2.75) is 12.4 Å². The van der Waals surface area contributed by atoms with Crippen molar-refractivity contribution in [3.05, 3.63) is 138 Å². The van der Waals surface area contributed by atoms with E-state index >= 15 is 0 Å². The number of nitriles is 1. The van der Waals surface area contributed by atoms with Gasteiger partial charge < -0.3 is 9.13 Å². The van der Waals surface area contributed by atoms with E-state index in [4.69, 9.17) is 0 Å². The quantitative estimate of drug-likeness (QED) is 0.179. The molecule has 0 aliphatic rings. The van der Waals surface area contributed by atoms with Gasteiger partial charge in [0.1, 0.15) is 0 Å². The number of fused-ring (bicyclic) bond motifs is 6. The summed E-state index contributed by atoms with van der Waals surface area (Å²) in [6, 6.07) is 30.3. The van der Waals surface area contributed by atoms with E-state index in [1.54, 1.807) is 88.3 Å². The van der Waals surface area contributed by atoms with Crippen molar-refractivity contribution in [1.82, 2.24) is 14.1 Å². The van der Waals surface area contributed by atoms with Gasteiger partial charge in [0.2, 0.25) is 0 Å². The predicted molar refractivity (Wildman–Crippen MR) is 173 cm³/mol. The van der Waals surface area contributed by atoms with Crippen LogP contribution in [0.2, 0.25) is 0 Å². The van der Waals surface area contributed by atoms with Crippen molar-refractivity contribution in [2.24, 2.45) is 0 Å². The molecule has 8 rings (SSSR count). The van der Waals surface area contributed by atoms with Crippen molar-refractivity contribution < 1.29 is 26.3 Å². The number of halogens is 6. The van der Waals surface area contributed by atoms with Gasteiger partial charge in [-0.1, -0.05) is 54.6 Å². The van der Waals surface area contributed by atoms with E-state index in [-0.39, 0.29) is 16.6 Å². The van der Waals surface area contributed by atoms with Gasteiger partial charge in [0.15, 0.2) is 0 Å². The van der Waals surface area contributed by atoms with Crippen LogP contribution in [0.5, 0.6) is 0 Å². The third-order valence-corrected chi connectivity index (χ3v) is 8.69. The van der Waals surface area contributed by atoms with Crippen molar-refractivity contribution in [2.75, 3.05) is 0 Å². The molecule has 4 nitrogen and oxygen atoms in total. The molecule has 0 saturated carbocycles. The summed E-state index contributed by atoms with van der Waals surface area (Å²) < 4.78 is 88.0. The van der Waals surface area contributed by atoms with E-state index in [1.807, 2.05) is 6.07 Å². The average molecular weight is 647 g/mol. The van der Waals surface area contributed by atoms with Crippen LogP contribution in [-0.2, 0) is 12.4 Å². The third-order valence-electron chi connectivity index (χ3n) is 8.69. The zero-order chi connectivity index (χ0) is 33.4. The van der Waals surface area contributed by atoms with Crippen LogP contribution in [0.3, 0.4) is 0 Å². The van der Waals surface area contributed by atoms with Gasteiger partial charge in [0.25, 0.3) is 0 Å². The van der Waals surface area contributed by atoms with Crippen LogP contribution in [0.1, 0.15) is 16.7 Å². The fourth-order valence-electron chi connectivity index (χ4n) is 6.60. The van der Waals surface area contributed by atoms with Crippen LogP contribution in [-0.4, -0.2) is 14.1 Å². The average Bonchev–Trinajstić information content (AvgIpc) is 3.59. The Kier molecular flexibility index (Phi) is 6.40. The number of aromatic nitrogens is 3. The van der Waals surface area contributed by atoms with E-state index in [0.29, 0.717) is 55.1 Å². The fraction of sp³-hybridized carbons (Fsp3) is 0.0526. The van der Waals surface area contributed by atoms with Crippen LogP contribution in [0, 0.1) is 11.3 Å². The van der Waals surface area contributed by atoms with Crippen molar-refractivity contribution in [3.63, 3.8) is 0 Å². The van der Waals surface area contributed by atoms with Crippen LogP contribution in [0.4, 0.5) is 26.3 Å². The minimum atomic E-state index is -4.64. The van der Waals surface area contributed by atoms with Gasteiger partial charge in [-0.15, -0.1) is 0 Å². The number of para-hydroxylation sites is 2. The first kappa shape index (κ1) is 29.3. The first-order valence-corrected chi connectivity index (χ1v) is 14.7. The first-order valence-electron chi connectivity index (χ1n) is 14.7. The Balaban J connectivity index is 1.59. The summed E-state index contributed by atoms with van der Waals surface area (Å²) >= 11 is 0. The molecule has 0 aliphatic heterocycles. The molecule has 234 valence electrons. The molecule has 0 aliphatic carbocycles. The highest BCUT2D eigenvalue weighted by atomic mass is 19.4. The summed E-state index contributed by atoms with van der Waals surface area (Å²) in [5.41, 5.74) is 1.80. The topological polar surface area (TPSA) is 46.5 Å². The summed E-state index contributed by atoms with van der Waals surface area (Å²) in [4.78, 5) is 4.20. The molecule has 3 heterocycles. The minimum Gasteiger partial charge on any atom is -0.307 e. The van der Waals surface area contributed by atoms with E-state index in [1.165, 1.54) is 12.1 Å². The lowest BCUT2D eigenvalue weighted by atomic mass is 9.99. The Morgan fingerprint density at radius 3 is 1.52 bits per heavy atom. The molecular weight excluding hydrogens is 626 g/mol. The highest BCUT2D eigenvalue weighted by Gasteiger charge is 2.33. The normalized spacial score (nSPS) is 12.4. The van der Waals surface area contributed by atoms with Gasteiger partial charge in [-0.05, 0) is 54.6 Å². The zero-order valence-electron chi connectivity index (χ0n) is 24.6. The summed E-state index contributed by atoms with van der Waals surface area (Å²) in [7, 11) is 0. The minimum absolute atomic E-state index is 0.205. The Labute approximate surface area is 268 Å². The molecule has 10 heteroatoms. The number of hydrogen-bond donors (Lipinski definition) is 0. The smallest absolute Gasteiger partial charge is 0.307 e. The second-order valence-electron chi connectivity index (χ2n) is 11.4. The molecule has 0 amide bonds. The molecule has 0 N–H and O–H groups in total. The van der Waals surface area contributed by atoms with Crippen molar-refractivity contribution in [1.29, 1.82) is 5.26 Å². The Bertz CT molecular complexity index is 2600. The monoisotopic (exact) mass is 646 g/mol. The molecule has 3 aromatic heterocycles. The highest BCUT2D eigenvalue weighted by molar-refractivity contribution is 6.12. The lowest BCUT2D eigenvalue weighted by molar-refractivity contribution is -0.138. The van der Waals surface area contributed by atoms with Crippen LogP contribution < -0.4 is 0 Å². The first-order chi connectivity index (χ1) is 23.0. The summed E-state index contributed by atoms with van der Waals surface area (Å²) in [6.07, 6.45) is -6.12. The maximum absolute atomic E-state index is 14.1. The van der Waals surface area contributed by atoms with Crippen LogP contribution >= 0.6 is 0 Å². The van der Waals surface area contributed by atoms with E-state index in [2.05, 4.69) is 11.1 Å². The standard InChI is InChI=1S/C38H20F6N4/c39-37(40,41)24-11-13-28-26-7-1-3-9-31(26)47(33(28)17-24)35-16-23(20-45)30(22-6-5-15-46-21-22)19-36(35)48-32-10-4-2-8-27(32)29-14-12-25(18-34(29)48)38(42,43)44/h1-19,21H. The van der Waals surface area contributed by atoms with Crippen molar-refractivity contribution >= 4 is 43.6 Å². The van der Waals surface area contributed by atoms with Crippen LogP contribution in [0.15, 0.2) is 122 Å². The van der Waals surface area contributed by atoms with Gasteiger partial charge in [-0.3, -0.25) is 4.98 Å². The highest BCUT2D eigenvalue weighted by Crippen LogP contribution is 2.43. The molecule has 48 heavy (non-hydrogen) atoms. The maximum Gasteiger partial charge on any atom is 0.416 e. The summed E-state index contributed by atoms with van der Waals surface area (Å²) in [5, 5.41) is 12.9. The maximum atomic E-state index is 14.1. The number of alkyl halides is 6. The zero-order valence-corrected chi connectivity index (χ0v) is 24.6. The fourth-order valence-corrected chi connectivity index (χ4v) is 6.60. The lowest BCUT2D eigenvalue weighted by Gasteiger charge is -2.20. The Morgan fingerprint density at radius 2 is 1.04 bits per heavy atom. The number of nitrogens with zero attached hydrogens (tertiary/aromatic N) is 4. The third kappa shape index (κ3) is 4.50. The molecule has 0 atom stereocenters. The van der Waals surface area contributed by atoms with Gasteiger partial charge in [-0.25, -0.2) is 0 Å². The van der Waals surface area contributed by atoms with E-state index < -0.39 is 23.5 Å². The predicted octanol–water partition coefficient (Wildman–Crippen LogP) is 10.9. The van der Waals surface area contributed by atoms with Gasteiger partial charge in [0, 0.05) is 45.1 Å². The largest absolute Gasteiger partial charge is 0.416 e. The molecule has 0 fully saturated rings. The van der Waals surface area contributed by atoms with E-state index in [9.17, 15) is 31.6 Å². The molecule has 0 unspecified atom stereocenters. The molecule has 0 saturated heterocycles. The Morgan fingerprint density at radius 1 is 0.542 bits per heavy atom. The molecular formula is C38H20F6N4. The number of rotatable bonds is 3. The second-order valence-corrected chi connectivity index (χ2v) is 11.4. The van der Waals surface area contributed by atoms with Crippen LogP contribution in [0.25, 0.3) is 66.1 Å². The Hall–Kier alpha value is -6.08. The number of benzene rings is 5. The summed E-state index contributed by atoms with van der Waals surface area (Å²) in [6.45, 7) is 0. The lowest BCUT2D eigenvalue weighted by Crippen LogP contribution is -2.08. The van der Waals surface area contributed by atoms with Crippen molar-refractivity contribution in [3.8, 4) is 28.6 Å². The molecule has 5 aromatic carbocycles. The van der Waals surface area contributed by atoms with Gasteiger partial charge in [0.05, 0.1) is 56.2 Å². The summed E-state index contributed by atoms with van der Waals surface area (Å²) in [5.74, 6) is 0. The second kappa shape index (κ2) is 10.5. The van der Waals surface area contributed by atoms with E-state index in [0.717, 1.165) is 24.3 Å². The molecule has 8 aromatic rings.